The monoisotopic (exact) mass is 225 g/mol. The number of nitrogens with zero attached hydrogens (tertiary/aromatic N) is 1. The predicted molar refractivity (Wildman–Crippen MR) is 60.2 cm³/mol. The van der Waals surface area contributed by atoms with Crippen LogP contribution in [0.15, 0.2) is 18.2 Å². The van der Waals surface area contributed by atoms with Crippen LogP contribution < -0.4 is 4.74 Å². The molecule has 1 rings (SSSR count). The minimum Gasteiger partial charge on any atom is -0.494 e. The van der Waals surface area contributed by atoms with Crippen LogP contribution in [-0.2, 0) is 0 Å². The largest absolute Gasteiger partial charge is 0.494 e. The van der Waals surface area contributed by atoms with Crippen LogP contribution in [0.3, 0.4) is 0 Å². The number of hydrogen-bond acceptors (Lipinski definition) is 2. The Morgan fingerprint density at radius 1 is 1.38 bits per heavy atom. The van der Waals surface area contributed by atoms with E-state index in [0.717, 1.165) is 0 Å². The van der Waals surface area contributed by atoms with Crippen molar-refractivity contribution in [3.63, 3.8) is 0 Å². The minimum atomic E-state index is -0.595. The van der Waals surface area contributed by atoms with Crippen LogP contribution >= 0.6 is 0 Å². The van der Waals surface area contributed by atoms with Crippen molar-refractivity contribution in [3.8, 4) is 5.75 Å². The molecule has 1 aromatic rings. The van der Waals surface area contributed by atoms with Gasteiger partial charge in [-0.15, -0.1) is 0 Å². The van der Waals surface area contributed by atoms with Crippen molar-refractivity contribution in [1.82, 2.24) is 4.90 Å². The second kappa shape index (κ2) is 5.49. The lowest BCUT2D eigenvalue weighted by Gasteiger charge is -2.19. The lowest BCUT2D eigenvalue weighted by molar-refractivity contribution is 0.0767. The molecule has 0 saturated carbocycles. The van der Waals surface area contributed by atoms with Gasteiger partial charge in [-0.05, 0) is 26.0 Å². The zero-order chi connectivity index (χ0) is 12.1. The van der Waals surface area contributed by atoms with Crippen molar-refractivity contribution in [1.29, 1.82) is 0 Å². The summed E-state index contributed by atoms with van der Waals surface area (Å²) < 4.78 is 18.6. The molecule has 0 N–H and O–H groups in total. The molecule has 0 unspecified atom stereocenters. The predicted octanol–water partition coefficient (Wildman–Crippen LogP) is 2.32. The molecule has 0 atom stereocenters. The first kappa shape index (κ1) is 12.5. The highest BCUT2D eigenvalue weighted by molar-refractivity contribution is 5.94. The number of hydrogen-bond donors (Lipinski definition) is 0. The average Bonchev–Trinajstić information content (AvgIpc) is 2.30. The molecule has 88 valence electrons. The summed E-state index contributed by atoms with van der Waals surface area (Å²) in [6, 6.07) is 4.57. The molecule has 0 aliphatic heterocycles. The van der Waals surface area contributed by atoms with E-state index in [1.165, 1.54) is 19.2 Å². The van der Waals surface area contributed by atoms with Gasteiger partial charge in [0, 0.05) is 13.1 Å². The van der Waals surface area contributed by atoms with E-state index in [1.54, 1.807) is 11.0 Å². The number of ether oxygens (including phenoxy) is 1. The normalized spacial score (nSPS) is 10.0. The fourth-order valence-electron chi connectivity index (χ4n) is 1.51. The van der Waals surface area contributed by atoms with E-state index in [1.807, 2.05) is 13.8 Å². The molecule has 0 bridgehead atoms. The highest BCUT2D eigenvalue weighted by Gasteiger charge is 2.19. The molecule has 1 amide bonds. The zero-order valence-corrected chi connectivity index (χ0v) is 9.79. The Bertz CT molecular complexity index is 375. The first-order chi connectivity index (χ1) is 7.65. The van der Waals surface area contributed by atoms with Gasteiger partial charge in [0.05, 0.1) is 12.7 Å². The quantitative estimate of drug-likeness (QED) is 0.787. The topological polar surface area (TPSA) is 29.5 Å². The van der Waals surface area contributed by atoms with Crippen LogP contribution in [0.25, 0.3) is 0 Å². The third-order valence-corrected chi connectivity index (χ3v) is 2.46. The van der Waals surface area contributed by atoms with Gasteiger partial charge >= 0.3 is 0 Å². The standard InChI is InChI=1S/C12H16FNO2/c1-4-14(5-2)12(15)9-7-6-8-10(16-3)11(9)13/h6-8H,4-5H2,1-3H3. The fourth-order valence-corrected chi connectivity index (χ4v) is 1.51. The van der Waals surface area contributed by atoms with Crippen LogP contribution in [0.1, 0.15) is 24.2 Å². The van der Waals surface area contributed by atoms with Gasteiger partial charge in [-0.3, -0.25) is 4.79 Å². The Kier molecular flexibility index (Phi) is 4.28. The smallest absolute Gasteiger partial charge is 0.256 e. The van der Waals surface area contributed by atoms with Crippen LogP contribution in [0.5, 0.6) is 5.75 Å². The van der Waals surface area contributed by atoms with E-state index >= 15 is 0 Å². The minimum absolute atomic E-state index is 0.0584. The Morgan fingerprint density at radius 2 is 2.00 bits per heavy atom. The van der Waals surface area contributed by atoms with Crippen LogP contribution in [0, 0.1) is 5.82 Å². The average molecular weight is 225 g/mol. The van der Waals surface area contributed by atoms with E-state index in [2.05, 4.69) is 0 Å². The molecule has 0 aliphatic carbocycles. The molecule has 0 fully saturated rings. The van der Waals surface area contributed by atoms with Crippen LogP contribution in [0.2, 0.25) is 0 Å². The second-order valence-electron chi connectivity index (χ2n) is 3.30. The number of carbonyl (C=O) groups is 1. The summed E-state index contributed by atoms with van der Waals surface area (Å²) in [4.78, 5) is 13.5. The summed E-state index contributed by atoms with van der Waals surface area (Å²) in [7, 11) is 1.38. The molecule has 1 aromatic carbocycles. The third kappa shape index (κ3) is 2.32. The maximum absolute atomic E-state index is 13.8. The van der Waals surface area contributed by atoms with Crippen molar-refractivity contribution in [2.24, 2.45) is 0 Å². The van der Waals surface area contributed by atoms with E-state index in [0.29, 0.717) is 13.1 Å². The zero-order valence-electron chi connectivity index (χ0n) is 9.79. The number of benzene rings is 1. The van der Waals surface area contributed by atoms with E-state index in [4.69, 9.17) is 4.74 Å². The van der Waals surface area contributed by atoms with Gasteiger partial charge in [0.1, 0.15) is 0 Å². The van der Waals surface area contributed by atoms with Crippen molar-refractivity contribution in [3.05, 3.63) is 29.6 Å². The molecule has 0 spiro atoms. The van der Waals surface area contributed by atoms with Crippen LogP contribution in [-0.4, -0.2) is 31.0 Å². The van der Waals surface area contributed by atoms with Crippen molar-refractivity contribution in [2.75, 3.05) is 20.2 Å². The molecule has 0 aliphatic rings. The highest BCUT2D eigenvalue weighted by atomic mass is 19.1. The Labute approximate surface area is 94.8 Å². The summed E-state index contributed by atoms with van der Waals surface area (Å²) >= 11 is 0. The van der Waals surface area contributed by atoms with Crippen LogP contribution in [0.4, 0.5) is 4.39 Å². The van der Waals surface area contributed by atoms with Gasteiger partial charge in [-0.1, -0.05) is 6.07 Å². The molecule has 0 heterocycles. The van der Waals surface area contributed by atoms with Gasteiger partial charge < -0.3 is 9.64 Å². The van der Waals surface area contributed by atoms with Gasteiger partial charge in [0.25, 0.3) is 5.91 Å². The molecular weight excluding hydrogens is 209 g/mol. The summed E-state index contributed by atoms with van der Waals surface area (Å²) in [6.07, 6.45) is 0. The van der Waals surface area contributed by atoms with E-state index in [9.17, 15) is 9.18 Å². The molecule has 0 aromatic heterocycles. The number of methoxy groups -OCH3 is 1. The van der Waals surface area contributed by atoms with Gasteiger partial charge in [0.2, 0.25) is 0 Å². The Balaban J connectivity index is 3.08. The molecule has 0 radical (unpaired) electrons. The lowest BCUT2D eigenvalue weighted by Crippen LogP contribution is -2.31. The van der Waals surface area contributed by atoms with Gasteiger partial charge in [-0.2, -0.15) is 0 Å². The number of halogens is 1. The Hall–Kier alpha value is -1.58. The highest BCUT2D eigenvalue weighted by Crippen LogP contribution is 2.21. The summed E-state index contributed by atoms with van der Waals surface area (Å²) in [6.45, 7) is 4.84. The maximum atomic E-state index is 13.8. The second-order valence-corrected chi connectivity index (χ2v) is 3.30. The SMILES string of the molecule is CCN(CC)C(=O)c1cccc(OC)c1F. The molecule has 16 heavy (non-hydrogen) atoms. The van der Waals surface area contributed by atoms with E-state index in [-0.39, 0.29) is 17.2 Å². The van der Waals surface area contributed by atoms with E-state index < -0.39 is 5.82 Å². The number of rotatable bonds is 4. The summed E-state index contributed by atoms with van der Waals surface area (Å²) in [5.74, 6) is -0.804. The summed E-state index contributed by atoms with van der Waals surface area (Å²) in [5, 5.41) is 0. The molecule has 4 heteroatoms. The Morgan fingerprint density at radius 3 is 2.50 bits per heavy atom. The van der Waals surface area contributed by atoms with Crippen molar-refractivity contribution in [2.45, 2.75) is 13.8 Å². The van der Waals surface area contributed by atoms with Gasteiger partial charge in [0.15, 0.2) is 11.6 Å². The summed E-state index contributed by atoms with van der Waals surface area (Å²) in [5.41, 5.74) is 0.0584. The maximum Gasteiger partial charge on any atom is 0.256 e. The number of carbonyl (C=O) groups excluding carboxylic acids is 1. The van der Waals surface area contributed by atoms with Crippen molar-refractivity contribution >= 4 is 5.91 Å². The molecule has 3 nitrogen and oxygen atoms in total. The first-order valence-electron chi connectivity index (χ1n) is 5.27. The lowest BCUT2D eigenvalue weighted by atomic mass is 10.1. The van der Waals surface area contributed by atoms with Crippen molar-refractivity contribution < 1.29 is 13.9 Å². The molecule has 0 saturated heterocycles. The fraction of sp³-hybridized carbons (Fsp3) is 0.417. The third-order valence-electron chi connectivity index (χ3n) is 2.46. The first-order valence-corrected chi connectivity index (χ1v) is 5.27. The molecular formula is C12H16FNO2. The number of amides is 1. The van der Waals surface area contributed by atoms with Gasteiger partial charge in [-0.25, -0.2) is 4.39 Å².